The van der Waals surface area contributed by atoms with Gasteiger partial charge in [-0.3, -0.25) is 0 Å². The van der Waals surface area contributed by atoms with Gasteiger partial charge >= 0.3 is 0 Å². The molecule has 1 aliphatic heterocycles. The van der Waals surface area contributed by atoms with E-state index in [0.29, 0.717) is 0 Å². The Morgan fingerprint density at radius 2 is 2.30 bits per heavy atom. The predicted molar refractivity (Wildman–Crippen MR) is 31.2 cm³/mol. The lowest BCUT2D eigenvalue weighted by atomic mass is 10.1. The fourth-order valence-electron chi connectivity index (χ4n) is 0.922. The first-order chi connectivity index (χ1) is 4.67. The van der Waals surface area contributed by atoms with Gasteiger partial charge in [0, 0.05) is 13.5 Å². The van der Waals surface area contributed by atoms with Gasteiger partial charge in [0.2, 0.25) is 0 Å². The maximum atomic E-state index is 12.7. The summed E-state index contributed by atoms with van der Waals surface area (Å²) in [6, 6.07) is 0. The molecular formula is C6H10F2O2. The second-order valence-electron chi connectivity index (χ2n) is 2.31. The first kappa shape index (κ1) is 7.88. The number of halogens is 2. The number of methoxy groups -OCH3 is 1. The van der Waals surface area contributed by atoms with Crippen LogP contribution in [0.15, 0.2) is 0 Å². The molecule has 60 valence electrons. The van der Waals surface area contributed by atoms with E-state index in [1.807, 2.05) is 0 Å². The van der Waals surface area contributed by atoms with Gasteiger partial charge in [0.15, 0.2) is 0 Å². The second kappa shape index (κ2) is 2.80. The van der Waals surface area contributed by atoms with Crippen molar-refractivity contribution in [2.75, 3.05) is 20.3 Å². The Morgan fingerprint density at radius 1 is 1.60 bits per heavy atom. The molecule has 0 aliphatic carbocycles. The zero-order valence-electron chi connectivity index (χ0n) is 5.77. The van der Waals surface area contributed by atoms with Crippen LogP contribution in [0.25, 0.3) is 0 Å². The van der Waals surface area contributed by atoms with Gasteiger partial charge in [0.25, 0.3) is 5.92 Å². The Balaban J connectivity index is 2.51. The zero-order chi connectivity index (χ0) is 7.61. The van der Waals surface area contributed by atoms with Crippen LogP contribution in [0.2, 0.25) is 0 Å². The van der Waals surface area contributed by atoms with Crippen molar-refractivity contribution in [1.29, 1.82) is 0 Å². The van der Waals surface area contributed by atoms with Crippen molar-refractivity contribution >= 4 is 0 Å². The summed E-state index contributed by atoms with van der Waals surface area (Å²) < 4.78 is 34.7. The van der Waals surface area contributed by atoms with Crippen LogP contribution in [0.4, 0.5) is 8.78 Å². The van der Waals surface area contributed by atoms with Crippen LogP contribution < -0.4 is 0 Å². The van der Waals surface area contributed by atoms with Gasteiger partial charge in [0.05, 0.1) is 13.2 Å². The Kier molecular flexibility index (Phi) is 2.21. The van der Waals surface area contributed by atoms with Crippen molar-refractivity contribution in [3.8, 4) is 0 Å². The zero-order valence-corrected chi connectivity index (χ0v) is 5.77. The van der Waals surface area contributed by atoms with Crippen molar-refractivity contribution in [2.24, 2.45) is 0 Å². The molecule has 1 rings (SSSR count). The van der Waals surface area contributed by atoms with Gasteiger partial charge < -0.3 is 9.47 Å². The van der Waals surface area contributed by atoms with Gasteiger partial charge in [-0.05, 0) is 0 Å². The molecule has 1 unspecified atom stereocenters. The summed E-state index contributed by atoms with van der Waals surface area (Å²) in [6.45, 7) is 0.135. The molecule has 1 fully saturated rings. The fourth-order valence-corrected chi connectivity index (χ4v) is 0.922. The number of ether oxygens (including phenoxy) is 2. The van der Waals surface area contributed by atoms with E-state index < -0.39 is 12.0 Å². The van der Waals surface area contributed by atoms with E-state index in [9.17, 15) is 8.78 Å². The SMILES string of the molecule is COC1COCCC1(F)F. The highest BCUT2D eigenvalue weighted by Gasteiger charge is 2.42. The molecule has 1 aliphatic rings. The first-order valence-electron chi connectivity index (χ1n) is 3.15. The van der Waals surface area contributed by atoms with Gasteiger partial charge in [0.1, 0.15) is 6.10 Å². The minimum Gasteiger partial charge on any atom is -0.378 e. The summed E-state index contributed by atoms with van der Waals surface area (Å²) in [6.07, 6.45) is -1.29. The Bertz CT molecular complexity index is 116. The van der Waals surface area contributed by atoms with Crippen LogP contribution in [0.3, 0.4) is 0 Å². The molecule has 1 atom stereocenters. The maximum absolute atomic E-state index is 12.7. The summed E-state index contributed by atoms with van der Waals surface area (Å²) in [5, 5.41) is 0. The summed E-state index contributed by atoms with van der Waals surface area (Å²) in [5.41, 5.74) is 0. The van der Waals surface area contributed by atoms with Crippen molar-refractivity contribution in [3.05, 3.63) is 0 Å². The minimum absolute atomic E-state index is 0.00347. The molecule has 0 aromatic carbocycles. The van der Waals surface area contributed by atoms with Gasteiger partial charge in [-0.15, -0.1) is 0 Å². The molecule has 1 saturated heterocycles. The third-order valence-corrected chi connectivity index (χ3v) is 1.60. The van der Waals surface area contributed by atoms with E-state index >= 15 is 0 Å². The molecule has 0 aromatic heterocycles. The average Bonchev–Trinajstić information content (AvgIpc) is 1.87. The van der Waals surface area contributed by atoms with Gasteiger partial charge in [-0.1, -0.05) is 0 Å². The highest BCUT2D eigenvalue weighted by atomic mass is 19.3. The molecular weight excluding hydrogens is 142 g/mol. The molecule has 0 amide bonds. The molecule has 0 spiro atoms. The quantitative estimate of drug-likeness (QED) is 0.559. The van der Waals surface area contributed by atoms with E-state index in [4.69, 9.17) is 4.74 Å². The van der Waals surface area contributed by atoms with E-state index in [1.165, 1.54) is 7.11 Å². The first-order valence-corrected chi connectivity index (χ1v) is 3.15. The van der Waals surface area contributed by atoms with Crippen LogP contribution in [-0.2, 0) is 9.47 Å². The van der Waals surface area contributed by atoms with Crippen LogP contribution in [-0.4, -0.2) is 32.4 Å². The lowest BCUT2D eigenvalue weighted by molar-refractivity contribution is -0.188. The van der Waals surface area contributed by atoms with E-state index in [2.05, 4.69) is 4.74 Å². The Morgan fingerprint density at radius 3 is 2.70 bits per heavy atom. The third kappa shape index (κ3) is 1.44. The average molecular weight is 152 g/mol. The summed E-state index contributed by atoms with van der Waals surface area (Å²) in [4.78, 5) is 0. The van der Waals surface area contributed by atoms with Crippen molar-refractivity contribution < 1.29 is 18.3 Å². The molecule has 0 aromatic rings. The van der Waals surface area contributed by atoms with Crippen LogP contribution in [0.5, 0.6) is 0 Å². The Labute approximate surface area is 58.1 Å². The maximum Gasteiger partial charge on any atom is 0.278 e. The van der Waals surface area contributed by atoms with Crippen LogP contribution in [0.1, 0.15) is 6.42 Å². The normalized spacial score (nSPS) is 32.1. The van der Waals surface area contributed by atoms with Gasteiger partial charge in [-0.2, -0.15) is 0 Å². The predicted octanol–water partition coefficient (Wildman–Crippen LogP) is 1.06. The monoisotopic (exact) mass is 152 g/mol. The summed E-state index contributed by atoms with van der Waals surface area (Å²) >= 11 is 0. The smallest absolute Gasteiger partial charge is 0.278 e. The molecule has 10 heavy (non-hydrogen) atoms. The fraction of sp³-hybridized carbons (Fsp3) is 1.00. The summed E-state index contributed by atoms with van der Waals surface area (Å²) in [5.74, 6) is -2.70. The molecule has 0 N–H and O–H groups in total. The Hall–Kier alpha value is -0.220. The highest BCUT2D eigenvalue weighted by Crippen LogP contribution is 2.28. The lowest BCUT2D eigenvalue weighted by Gasteiger charge is -2.29. The van der Waals surface area contributed by atoms with E-state index in [0.717, 1.165) is 0 Å². The standard InChI is InChI=1S/C6H10F2O2/c1-9-5-4-10-3-2-6(5,7)8/h5H,2-4H2,1H3. The van der Waals surface area contributed by atoms with E-state index in [1.54, 1.807) is 0 Å². The van der Waals surface area contributed by atoms with Crippen LogP contribution >= 0.6 is 0 Å². The molecule has 0 saturated carbocycles. The topological polar surface area (TPSA) is 18.5 Å². The van der Waals surface area contributed by atoms with E-state index in [-0.39, 0.29) is 19.6 Å². The van der Waals surface area contributed by atoms with Gasteiger partial charge in [-0.25, -0.2) is 8.78 Å². The molecule has 0 radical (unpaired) electrons. The number of hydrogen-bond acceptors (Lipinski definition) is 2. The third-order valence-electron chi connectivity index (χ3n) is 1.60. The second-order valence-corrected chi connectivity index (χ2v) is 2.31. The number of hydrogen-bond donors (Lipinski definition) is 0. The van der Waals surface area contributed by atoms with Crippen molar-refractivity contribution in [3.63, 3.8) is 0 Å². The highest BCUT2D eigenvalue weighted by molar-refractivity contribution is 4.80. The summed E-state index contributed by atoms with van der Waals surface area (Å²) in [7, 11) is 1.27. The molecule has 4 heteroatoms. The molecule has 1 heterocycles. The molecule has 0 bridgehead atoms. The molecule has 2 nitrogen and oxygen atoms in total. The number of alkyl halides is 2. The minimum atomic E-state index is -2.70. The largest absolute Gasteiger partial charge is 0.378 e. The lowest BCUT2D eigenvalue weighted by Crippen LogP contribution is -2.43. The van der Waals surface area contributed by atoms with Crippen molar-refractivity contribution in [1.82, 2.24) is 0 Å². The van der Waals surface area contributed by atoms with Crippen molar-refractivity contribution in [2.45, 2.75) is 18.4 Å². The van der Waals surface area contributed by atoms with Crippen LogP contribution in [0, 0.1) is 0 Å². The number of rotatable bonds is 1.